The van der Waals surface area contributed by atoms with Crippen LogP contribution in [0.2, 0.25) is 0 Å². The van der Waals surface area contributed by atoms with Crippen molar-refractivity contribution < 1.29 is 36.6 Å². The van der Waals surface area contributed by atoms with Gasteiger partial charge in [0, 0.05) is 38.6 Å². The molecule has 9 nitrogen and oxygen atoms in total. The van der Waals surface area contributed by atoms with Gasteiger partial charge in [0.1, 0.15) is 30.2 Å². The van der Waals surface area contributed by atoms with Crippen LogP contribution in [-0.4, -0.2) is 87.2 Å². The summed E-state index contributed by atoms with van der Waals surface area (Å²) in [5.41, 5.74) is 0.0484. The number of amidine groups is 1. The molecule has 1 amide bonds. The van der Waals surface area contributed by atoms with Crippen molar-refractivity contribution in [1.82, 2.24) is 15.5 Å². The molecule has 1 saturated carbocycles. The third-order valence-corrected chi connectivity index (χ3v) is 6.22. The van der Waals surface area contributed by atoms with Crippen LogP contribution in [0.4, 0.5) is 17.6 Å². The zero-order valence-corrected chi connectivity index (χ0v) is 21.0. The number of nitrogens with zero attached hydrogens (tertiary/aromatic N) is 2. The molecular weight excluding hydrogens is 498 g/mol. The van der Waals surface area contributed by atoms with Gasteiger partial charge in [-0.3, -0.25) is 4.79 Å². The number of aliphatic imine (C=N–C) groups is 1. The number of hydrogen-bond donors (Lipinski definition) is 3. The summed E-state index contributed by atoms with van der Waals surface area (Å²) in [7, 11) is 3.15. The maximum Gasteiger partial charge on any atom is 0.293 e. The first-order chi connectivity index (χ1) is 17.6. The van der Waals surface area contributed by atoms with Crippen molar-refractivity contribution in [2.45, 2.75) is 69.5 Å². The summed E-state index contributed by atoms with van der Waals surface area (Å²) in [6, 6.07) is -1.34. The number of ether oxygens (including phenoxy) is 3. The van der Waals surface area contributed by atoms with E-state index in [2.05, 4.69) is 15.6 Å². The van der Waals surface area contributed by atoms with Crippen LogP contribution in [0.5, 0.6) is 0 Å². The molecule has 1 heterocycles. The first-order valence-electron chi connectivity index (χ1n) is 12.1. The second-order valence-corrected chi connectivity index (χ2v) is 9.09. The smallest absolute Gasteiger partial charge is 0.293 e. The highest BCUT2D eigenvalue weighted by molar-refractivity contribution is 6.11. The molecule has 3 N–H and O–H groups in total. The highest BCUT2D eigenvalue weighted by Gasteiger charge is 2.45. The number of alkyl halides is 3. The number of rotatable bonds is 11. The molecule has 2 unspecified atom stereocenters. The number of halogens is 4. The normalized spacial score (nSPS) is 26.8. The van der Waals surface area contributed by atoms with E-state index in [0.29, 0.717) is 32.3 Å². The van der Waals surface area contributed by atoms with E-state index in [0.717, 1.165) is 12.3 Å². The molecule has 0 aromatic heterocycles. The Labute approximate surface area is 213 Å². The number of carbonyl (C=O) groups excluding carboxylic acids is 1. The van der Waals surface area contributed by atoms with Gasteiger partial charge in [0.15, 0.2) is 12.0 Å². The molecule has 0 aromatic carbocycles. The quantitative estimate of drug-likeness (QED) is 0.215. The topological polar surface area (TPSA) is 108 Å². The van der Waals surface area contributed by atoms with Crippen LogP contribution >= 0.6 is 0 Å². The van der Waals surface area contributed by atoms with Gasteiger partial charge in [0.25, 0.3) is 18.4 Å². The van der Waals surface area contributed by atoms with Gasteiger partial charge in [-0.15, -0.1) is 0 Å². The fourth-order valence-corrected chi connectivity index (χ4v) is 4.33. The lowest BCUT2D eigenvalue weighted by molar-refractivity contribution is -0.118. The van der Waals surface area contributed by atoms with Crippen molar-refractivity contribution in [3.05, 3.63) is 35.1 Å². The Bertz CT molecular complexity index is 963. The second-order valence-electron chi connectivity index (χ2n) is 9.09. The molecule has 0 radical (unpaired) electrons. The number of carbonyl (C=O) groups is 1. The van der Waals surface area contributed by atoms with Gasteiger partial charge in [-0.1, -0.05) is 0 Å². The zero-order valence-electron chi connectivity index (χ0n) is 21.0. The molecule has 0 spiro atoms. The van der Waals surface area contributed by atoms with Crippen molar-refractivity contribution in [2.24, 2.45) is 4.99 Å². The van der Waals surface area contributed by atoms with E-state index in [1.165, 1.54) is 18.1 Å². The average molecular weight is 532 g/mol. The summed E-state index contributed by atoms with van der Waals surface area (Å²) in [5.74, 6) is -1.71. The van der Waals surface area contributed by atoms with Crippen LogP contribution in [0.1, 0.15) is 32.6 Å². The van der Waals surface area contributed by atoms with Gasteiger partial charge >= 0.3 is 0 Å². The predicted octanol–water partition coefficient (Wildman–Crippen LogP) is 2.96. The SMILES string of the molecule is CN/C=C(\C=N)C(=O)N[C@@H](C)CO[C@H]1CC[C@H](OC2=NC3=C(F)C=C(OCC(F)F)C(F)C3N2C)CC1. The first kappa shape index (κ1) is 28.5. The second kappa shape index (κ2) is 12.9. The zero-order chi connectivity index (χ0) is 27.1. The van der Waals surface area contributed by atoms with Gasteiger partial charge in [-0.25, -0.2) is 17.6 Å². The third kappa shape index (κ3) is 7.24. The Morgan fingerprint density at radius 3 is 2.57 bits per heavy atom. The van der Waals surface area contributed by atoms with Crippen molar-refractivity contribution >= 4 is 18.1 Å². The Morgan fingerprint density at radius 1 is 1.27 bits per heavy atom. The largest absolute Gasteiger partial charge is 0.489 e. The van der Waals surface area contributed by atoms with Gasteiger partial charge < -0.3 is 35.2 Å². The van der Waals surface area contributed by atoms with E-state index >= 15 is 0 Å². The summed E-state index contributed by atoms with van der Waals surface area (Å²) in [6.07, 6.45) is 0.872. The molecule has 37 heavy (non-hydrogen) atoms. The molecule has 0 aromatic rings. The molecule has 2 aliphatic carbocycles. The Balaban J connectivity index is 1.47. The van der Waals surface area contributed by atoms with Crippen LogP contribution < -0.4 is 10.6 Å². The molecule has 0 saturated heterocycles. The Hall–Kier alpha value is -3.09. The molecule has 3 aliphatic rings. The van der Waals surface area contributed by atoms with Crippen molar-refractivity contribution in [3.8, 4) is 0 Å². The lowest BCUT2D eigenvalue weighted by Gasteiger charge is -2.32. The maximum absolute atomic E-state index is 14.9. The van der Waals surface area contributed by atoms with Crippen LogP contribution in [0.25, 0.3) is 0 Å². The number of hydrogen-bond acceptors (Lipinski definition) is 8. The third-order valence-electron chi connectivity index (χ3n) is 6.22. The van der Waals surface area contributed by atoms with E-state index in [1.807, 2.05) is 6.92 Å². The van der Waals surface area contributed by atoms with Crippen LogP contribution in [0.3, 0.4) is 0 Å². The molecule has 13 heteroatoms. The van der Waals surface area contributed by atoms with Crippen LogP contribution in [0.15, 0.2) is 40.1 Å². The molecule has 1 fully saturated rings. The minimum Gasteiger partial charge on any atom is -0.489 e. The molecule has 3 rings (SSSR count). The molecule has 0 bridgehead atoms. The summed E-state index contributed by atoms with van der Waals surface area (Å²) in [5, 5.41) is 12.8. The summed E-state index contributed by atoms with van der Waals surface area (Å²) >= 11 is 0. The van der Waals surface area contributed by atoms with Crippen LogP contribution in [-0.2, 0) is 19.0 Å². The Kier molecular flexibility index (Phi) is 9.95. The number of likely N-dealkylation sites (N-methyl/N-ethyl adjacent to an activating group) is 1. The molecule has 3 atom stereocenters. The minimum atomic E-state index is -2.81. The molecule has 206 valence electrons. The predicted molar refractivity (Wildman–Crippen MR) is 129 cm³/mol. The highest BCUT2D eigenvalue weighted by atomic mass is 19.3. The van der Waals surface area contributed by atoms with Crippen molar-refractivity contribution in [3.63, 3.8) is 0 Å². The summed E-state index contributed by atoms with van der Waals surface area (Å²) < 4.78 is 71.0. The van der Waals surface area contributed by atoms with E-state index in [4.69, 9.17) is 19.6 Å². The summed E-state index contributed by atoms with van der Waals surface area (Å²) in [4.78, 5) is 17.6. The van der Waals surface area contributed by atoms with Crippen LogP contribution in [0, 0.1) is 5.41 Å². The van der Waals surface area contributed by atoms with E-state index < -0.39 is 36.8 Å². The van der Waals surface area contributed by atoms with E-state index in [9.17, 15) is 22.4 Å². The van der Waals surface area contributed by atoms with Gasteiger partial charge in [0.05, 0.1) is 18.3 Å². The number of amides is 1. The fourth-order valence-electron chi connectivity index (χ4n) is 4.33. The average Bonchev–Trinajstić information content (AvgIpc) is 3.19. The first-order valence-corrected chi connectivity index (χ1v) is 12.1. The number of allylic oxidation sites excluding steroid dienone is 2. The summed E-state index contributed by atoms with van der Waals surface area (Å²) in [6.45, 7) is 1.09. The van der Waals surface area contributed by atoms with E-state index in [1.54, 1.807) is 7.05 Å². The van der Waals surface area contributed by atoms with Gasteiger partial charge in [0.2, 0.25) is 0 Å². The minimum absolute atomic E-state index is 0.0331. The molecular formula is C24H33F4N5O4. The lowest BCUT2D eigenvalue weighted by Crippen LogP contribution is -2.44. The highest BCUT2D eigenvalue weighted by Crippen LogP contribution is 2.37. The monoisotopic (exact) mass is 531 g/mol. The maximum atomic E-state index is 14.9. The molecule has 1 aliphatic heterocycles. The standard InChI is InChI=1S/C24H33F4N5O4/c1-13(31-23(34)14(9-29)10-30-2)11-35-15-4-6-16(7-5-15)37-24-32-21-17(25)8-18(36-12-19(26)27)20(28)22(21)33(24)3/h8-10,13,15-16,19-20,22,29-30H,4-7,11-12H2,1-3H3,(H,31,34)/b14-10+,29-9?/t13-,15-,16-,20?,22?/m0/s1. The van der Waals surface area contributed by atoms with Gasteiger partial charge in [-0.2, -0.15) is 4.99 Å². The Morgan fingerprint density at radius 2 is 1.95 bits per heavy atom. The lowest BCUT2D eigenvalue weighted by atomic mass is 9.95. The fraction of sp³-hybridized carbons (Fsp3) is 0.625. The van der Waals surface area contributed by atoms with E-state index in [-0.39, 0.29) is 41.4 Å². The van der Waals surface area contributed by atoms with Crippen molar-refractivity contribution in [1.29, 1.82) is 5.41 Å². The number of fused-ring (bicyclic) bond motifs is 1. The number of nitrogens with one attached hydrogen (secondary N) is 3. The van der Waals surface area contributed by atoms with Crippen molar-refractivity contribution in [2.75, 3.05) is 27.3 Å². The van der Waals surface area contributed by atoms with Gasteiger partial charge in [-0.05, 0) is 32.6 Å².